The van der Waals surface area contributed by atoms with Crippen LogP contribution in [0.4, 0.5) is 5.69 Å². The van der Waals surface area contributed by atoms with E-state index < -0.39 is 28.5 Å². The Bertz CT molecular complexity index is 1070. The zero-order valence-electron chi connectivity index (χ0n) is 19.5. The number of aryl methyl sites for hydroxylation is 1. The van der Waals surface area contributed by atoms with Crippen LogP contribution >= 0.6 is 11.6 Å². The van der Waals surface area contributed by atoms with E-state index in [2.05, 4.69) is 5.32 Å². The Morgan fingerprint density at radius 1 is 1.12 bits per heavy atom. The molecule has 0 saturated heterocycles. The maximum Gasteiger partial charge on any atom is 0.244 e. The highest BCUT2D eigenvalue weighted by Gasteiger charge is 2.30. The lowest BCUT2D eigenvalue weighted by molar-refractivity contribution is -0.139. The van der Waals surface area contributed by atoms with Crippen LogP contribution in [0.25, 0.3) is 0 Å². The number of carbonyl (C=O) groups excluding carboxylic acids is 2. The van der Waals surface area contributed by atoms with Crippen LogP contribution < -0.4 is 9.62 Å². The van der Waals surface area contributed by atoms with Crippen molar-refractivity contribution in [1.82, 2.24) is 10.2 Å². The van der Waals surface area contributed by atoms with Crippen LogP contribution in [-0.4, -0.2) is 50.5 Å². The minimum Gasteiger partial charge on any atom is -0.354 e. The zero-order chi connectivity index (χ0) is 24.6. The van der Waals surface area contributed by atoms with Crippen molar-refractivity contribution in [2.75, 3.05) is 23.7 Å². The van der Waals surface area contributed by atoms with E-state index in [9.17, 15) is 18.0 Å². The molecule has 0 aliphatic heterocycles. The predicted octanol–water partition coefficient (Wildman–Crippen LogP) is 3.75. The molecule has 0 saturated carbocycles. The Labute approximate surface area is 201 Å². The van der Waals surface area contributed by atoms with E-state index >= 15 is 0 Å². The molecule has 0 spiro atoms. The molecule has 0 aromatic heterocycles. The minimum atomic E-state index is -3.74. The molecule has 1 N–H and O–H groups in total. The van der Waals surface area contributed by atoms with Gasteiger partial charge in [-0.05, 0) is 55.7 Å². The molecule has 2 rings (SSSR count). The highest BCUT2D eigenvalue weighted by molar-refractivity contribution is 7.92. The van der Waals surface area contributed by atoms with Crippen LogP contribution in [0, 0.1) is 6.92 Å². The number of anilines is 1. The van der Waals surface area contributed by atoms with Gasteiger partial charge in [-0.15, -0.1) is 0 Å². The summed E-state index contributed by atoms with van der Waals surface area (Å²) in [5, 5.41) is 3.36. The lowest BCUT2D eigenvalue weighted by Crippen LogP contribution is -2.51. The number of benzene rings is 2. The van der Waals surface area contributed by atoms with E-state index in [1.807, 2.05) is 26.0 Å². The van der Waals surface area contributed by atoms with E-state index in [1.165, 1.54) is 4.90 Å². The maximum absolute atomic E-state index is 13.4. The molecule has 0 heterocycles. The minimum absolute atomic E-state index is 0.118. The fourth-order valence-electron chi connectivity index (χ4n) is 3.35. The number of nitrogens with one attached hydrogen (secondary N) is 1. The third-order valence-corrected chi connectivity index (χ3v) is 6.58. The number of hydrogen-bond donors (Lipinski definition) is 1. The van der Waals surface area contributed by atoms with Gasteiger partial charge in [-0.1, -0.05) is 49.2 Å². The summed E-state index contributed by atoms with van der Waals surface area (Å²) in [5.41, 5.74) is 2.01. The first-order chi connectivity index (χ1) is 15.5. The average Bonchev–Trinajstić information content (AvgIpc) is 2.74. The Kier molecular flexibility index (Phi) is 9.73. The molecule has 180 valence electrons. The second kappa shape index (κ2) is 12.0. The second-order valence-electron chi connectivity index (χ2n) is 8.08. The quantitative estimate of drug-likeness (QED) is 0.483. The normalized spacial score (nSPS) is 12.2. The molecule has 2 aromatic carbocycles. The van der Waals surface area contributed by atoms with Crippen LogP contribution in [0.1, 0.15) is 37.8 Å². The Morgan fingerprint density at radius 2 is 1.82 bits per heavy atom. The van der Waals surface area contributed by atoms with Crippen LogP contribution in [0.3, 0.4) is 0 Å². The van der Waals surface area contributed by atoms with E-state index in [-0.39, 0.29) is 12.5 Å². The number of rotatable bonds is 11. The summed E-state index contributed by atoms with van der Waals surface area (Å²) in [6.45, 7) is 5.72. The van der Waals surface area contributed by atoms with Crippen molar-refractivity contribution < 1.29 is 18.0 Å². The van der Waals surface area contributed by atoms with Gasteiger partial charge in [0, 0.05) is 18.1 Å². The largest absolute Gasteiger partial charge is 0.354 e. The van der Waals surface area contributed by atoms with Crippen molar-refractivity contribution in [1.29, 1.82) is 0 Å². The number of amides is 2. The molecule has 0 bridgehead atoms. The summed E-state index contributed by atoms with van der Waals surface area (Å²) >= 11 is 6.10. The molecule has 2 aromatic rings. The van der Waals surface area contributed by atoms with Gasteiger partial charge in [0.1, 0.15) is 12.6 Å². The van der Waals surface area contributed by atoms with Gasteiger partial charge in [-0.3, -0.25) is 13.9 Å². The third kappa shape index (κ3) is 8.05. The van der Waals surface area contributed by atoms with Crippen LogP contribution in [0.2, 0.25) is 5.02 Å². The Morgan fingerprint density at radius 3 is 2.42 bits per heavy atom. The summed E-state index contributed by atoms with van der Waals surface area (Å²) in [6, 6.07) is 13.2. The molecule has 2 amide bonds. The summed E-state index contributed by atoms with van der Waals surface area (Å²) in [4.78, 5) is 27.6. The van der Waals surface area contributed by atoms with Crippen LogP contribution in [0.5, 0.6) is 0 Å². The lowest BCUT2D eigenvalue weighted by Gasteiger charge is -2.31. The first-order valence-corrected chi connectivity index (χ1v) is 13.1. The fourth-order valence-corrected chi connectivity index (χ4v) is 4.40. The standard InChI is InChI=1S/C24H32ClN3O4S/c1-5-6-13-26-24(30)19(3)27(16-20-10-8-11-21(25)15-20)23(29)17-28(33(4,31)32)22-12-7-9-18(2)14-22/h7-12,14-15,19H,5-6,13,16-17H2,1-4H3,(H,26,30)/t19-/m1/s1. The number of hydrogen-bond acceptors (Lipinski definition) is 4. The van der Waals surface area contributed by atoms with Gasteiger partial charge in [-0.25, -0.2) is 8.42 Å². The molecular weight excluding hydrogens is 462 g/mol. The average molecular weight is 494 g/mol. The van der Waals surface area contributed by atoms with Crippen molar-refractivity contribution in [2.45, 2.75) is 46.2 Å². The number of halogens is 1. The molecular formula is C24H32ClN3O4S. The summed E-state index contributed by atoms with van der Waals surface area (Å²) < 4.78 is 26.1. The SMILES string of the molecule is CCCCNC(=O)[C@@H](C)N(Cc1cccc(Cl)c1)C(=O)CN(c1cccc(C)c1)S(C)(=O)=O. The lowest BCUT2D eigenvalue weighted by atomic mass is 10.1. The smallest absolute Gasteiger partial charge is 0.244 e. The van der Waals surface area contributed by atoms with Gasteiger partial charge in [0.05, 0.1) is 11.9 Å². The fraction of sp³-hybridized carbons (Fsp3) is 0.417. The first-order valence-electron chi connectivity index (χ1n) is 10.9. The Hall–Kier alpha value is -2.58. The van der Waals surface area contributed by atoms with Gasteiger partial charge >= 0.3 is 0 Å². The third-order valence-electron chi connectivity index (χ3n) is 5.21. The van der Waals surface area contributed by atoms with Crippen molar-refractivity contribution >= 4 is 39.1 Å². The molecule has 0 unspecified atom stereocenters. The monoisotopic (exact) mass is 493 g/mol. The molecule has 0 aliphatic carbocycles. The van der Waals surface area contributed by atoms with E-state index in [4.69, 9.17) is 11.6 Å². The van der Waals surface area contributed by atoms with Crippen molar-refractivity contribution in [3.63, 3.8) is 0 Å². The summed E-state index contributed by atoms with van der Waals surface area (Å²) in [7, 11) is -3.74. The van der Waals surface area contributed by atoms with E-state index in [0.29, 0.717) is 17.3 Å². The number of carbonyl (C=O) groups is 2. The topological polar surface area (TPSA) is 86.8 Å². The molecule has 0 fully saturated rings. The molecule has 33 heavy (non-hydrogen) atoms. The molecule has 1 atom stereocenters. The zero-order valence-corrected chi connectivity index (χ0v) is 21.1. The predicted molar refractivity (Wildman–Crippen MR) is 133 cm³/mol. The van der Waals surface area contributed by atoms with Gasteiger partial charge in [0.15, 0.2) is 0 Å². The maximum atomic E-state index is 13.4. The number of unbranched alkanes of at least 4 members (excludes halogenated alkanes) is 1. The van der Waals surface area contributed by atoms with Crippen LogP contribution in [-0.2, 0) is 26.2 Å². The molecule has 0 aliphatic rings. The summed E-state index contributed by atoms with van der Waals surface area (Å²) in [6.07, 6.45) is 2.82. The van der Waals surface area contributed by atoms with E-state index in [1.54, 1.807) is 43.3 Å². The van der Waals surface area contributed by atoms with Crippen LogP contribution in [0.15, 0.2) is 48.5 Å². The number of nitrogens with zero attached hydrogens (tertiary/aromatic N) is 2. The summed E-state index contributed by atoms with van der Waals surface area (Å²) in [5.74, 6) is -0.777. The number of sulfonamides is 1. The van der Waals surface area contributed by atoms with Crippen molar-refractivity contribution in [3.05, 3.63) is 64.7 Å². The van der Waals surface area contributed by atoms with Crippen molar-refractivity contribution in [2.24, 2.45) is 0 Å². The molecule has 0 radical (unpaired) electrons. The second-order valence-corrected chi connectivity index (χ2v) is 10.4. The van der Waals surface area contributed by atoms with Gasteiger partial charge in [-0.2, -0.15) is 0 Å². The molecule has 7 nitrogen and oxygen atoms in total. The van der Waals surface area contributed by atoms with Gasteiger partial charge in [0.2, 0.25) is 21.8 Å². The van der Waals surface area contributed by atoms with E-state index in [0.717, 1.165) is 34.5 Å². The van der Waals surface area contributed by atoms with Gasteiger partial charge in [0.25, 0.3) is 0 Å². The van der Waals surface area contributed by atoms with Crippen molar-refractivity contribution in [3.8, 4) is 0 Å². The highest BCUT2D eigenvalue weighted by atomic mass is 35.5. The first kappa shape index (κ1) is 26.7. The van der Waals surface area contributed by atoms with Gasteiger partial charge < -0.3 is 10.2 Å². The Balaban J connectivity index is 2.34. The molecule has 9 heteroatoms. The highest BCUT2D eigenvalue weighted by Crippen LogP contribution is 2.21.